The van der Waals surface area contributed by atoms with E-state index in [-0.39, 0.29) is 23.7 Å². The molecule has 3 aliphatic rings. The van der Waals surface area contributed by atoms with Crippen LogP contribution in [0.1, 0.15) is 11.1 Å². The quantitative estimate of drug-likeness (QED) is 0.331. The number of rotatable bonds is 5. The van der Waals surface area contributed by atoms with Crippen LogP contribution in [0.5, 0.6) is 11.5 Å². The molecule has 6 heteroatoms. The number of para-hydroxylation sites is 1. The van der Waals surface area contributed by atoms with Gasteiger partial charge in [-0.2, -0.15) is 0 Å². The first-order valence-electron chi connectivity index (χ1n) is 11.9. The van der Waals surface area contributed by atoms with E-state index in [1.807, 2.05) is 48.5 Å². The Morgan fingerprint density at radius 3 is 1.64 bits per heavy atom. The SMILES string of the molecule is COc1ccc(C(=C2[C@H]3C=C[C@@H]2[C@H]2C(=O)N(c4ccccc4Cl)C(=O)[C@@H]23)c2ccc(OC)cc2)cc1. The summed E-state index contributed by atoms with van der Waals surface area (Å²) in [6.07, 6.45) is 4.19. The molecule has 6 rings (SSSR count). The van der Waals surface area contributed by atoms with Gasteiger partial charge < -0.3 is 9.47 Å². The van der Waals surface area contributed by atoms with Gasteiger partial charge in [0.05, 0.1) is 36.8 Å². The number of anilines is 1. The van der Waals surface area contributed by atoms with Crippen molar-refractivity contribution in [2.24, 2.45) is 23.7 Å². The summed E-state index contributed by atoms with van der Waals surface area (Å²) in [5, 5.41) is 0.396. The molecule has 36 heavy (non-hydrogen) atoms. The predicted molar refractivity (Wildman–Crippen MR) is 139 cm³/mol. The lowest BCUT2D eigenvalue weighted by Gasteiger charge is -2.22. The fourth-order valence-corrected chi connectivity index (χ4v) is 6.20. The zero-order chi connectivity index (χ0) is 25.0. The third-order valence-electron chi connectivity index (χ3n) is 7.56. The number of hydrogen-bond acceptors (Lipinski definition) is 4. The Hall–Kier alpha value is -3.83. The Balaban J connectivity index is 1.48. The van der Waals surface area contributed by atoms with Crippen molar-refractivity contribution in [2.45, 2.75) is 0 Å². The molecule has 3 aromatic carbocycles. The molecule has 0 spiro atoms. The van der Waals surface area contributed by atoms with Crippen molar-refractivity contribution in [1.29, 1.82) is 0 Å². The number of amides is 2. The lowest BCUT2D eigenvalue weighted by atomic mass is 9.85. The predicted octanol–water partition coefficient (Wildman–Crippen LogP) is 5.78. The van der Waals surface area contributed by atoms with Crippen LogP contribution in [0, 0.1) is 23.7 Å². The number of allylic oxidation sites excluding steroid dienone is 3. The molecule has 0 aromatic heterocycles. The summed E-state index contributed by atoms with van der Waals surface area (Å²) in [4.78, 5) is 28.7. The average molecular weight is 498 g/mol. The largest absolute Gasteiger partial charge is 0.497 e. The standard InChI is InChI=1S/C30H24ClNO4/c1-35-19-11-7-17(8-12-19)25(18-9-13-20(36-2)14-10-18)26-21-15-16-22(26)28-27(21)29(33)32(30(28)34)24-6-4-3-5-23(24)31/h3-16,21-22,27-28H,1-2H3/t21-,22+,27-,28-/m1/s1. The molecule has 180 valence electrons. The molecule has 2 fully saturated rings. The maximum atomic E-state index is 13.7. The number of nitrogens with zero attached hydrogens (tertiary/aromatic N) is 1. The van der Waals surface area contributed by atoms with Crippen LogP contribution >= 0.6 is 11.6 Å². The summed E-state index contributed by atoms with van der Waals surface area (Å²) in [5.74, 6) is -0.0414. The van der Waals surface area contributed by atoms with Gasteiger partial charge in [0, 0.05) is 11.8 Å². The highest BCUT2D eigenvalue weighted by molar-refractivity contribution is 6.36. The zero-order valence-electron chi connectivity index (χ0n) is 19.9. The van der Waals surface area contributed by atoms with Crippen LogP contribution in [0.3, 0.4) is 0 Å². The minimum Gasteiger partial charge on any atom is -0.497 e. The van der Waals surface area contributed by atoms with Crippen molar-refractivity contribution < 1.29 is 19.1 Å². The zero-order valence-corrected chi connectivity index (χ0v) is 20.6. The van der Waals surface area contributed by atoms with Gasteiger partial charge in [-0.05, 0) is 58.7 Å². The van der Waals surface area contributed by atoms with E-state index in [1.54, 1.807) is 38.5 Å². The lowest BCUT2D eigenvalue weighted by molar-refractivity contribution is -0.122. The number of carbonyl (C=O) groups is 2. The molecule has 4 atom stereocenters. The summed E-state index contributed by atoms with van der Waals surface area (Å²) in [7, 11) is 3.28. The van der Waals surface area contributed by atoms with Crippen molar-refractivity contribution in [2.75, 3.05) is 19.1 Å². The first-order valence-corrected chi connectivity index (χ1v) is 12.2. The van der Waals surface area contributed by atoms with E-state index < -0.39 is 11.8 Å². The summed E-state index contributed by atoms with van der Waals surface area (Å²) in [5.41, 5.74) is 4.63. The Bertz CT molecular complexity index is 1340. The topological polar surface area (TPSA) is 55.8 Å². The van der Waals surface area contributed by atoms with Crippen LogP contribution in [-0.2, 0) is 9.59 Å². The molecule has 1 saturated heterocycles. The molecule has 1 aliphatic heterocycles. The minimum atomic E-state index is -0.440. The Morgan fingerprint density at radius 1 is 0.722 bits per heavy atom. The van der Waals surface area contributed by atoms with Crippen molar-refractivity contribution in [3.8, 4) is 11.5 Å². The summed E-state index contributed by atoms with van der Waals surface area (Å²) < 4.78 is 10.7. The maximum Gasteiger partial charge on any atom is 0.238 e. The molecule has 5 nitrogen and oxygen atoms in total. The molecule has 2 amide bonds. The number of methoxy groups -OCH3 is 2. The number of carbonyl (C=O) groups excluding carboxylic acids is 2. The normalized spacial score (nSPS) is 23.9. The molecule has 0 radical (unpaired) electrons. The van der Waals surface area contributed by atoms with Gasteiger partial charge in [0.1, 0.15) is 11.5 Å². The van der Waals surface area contributed by atoms with Crippen molar-refractivity contribution in [1.82, 2.24) is 0 Å². The molecular formula is C30H24ClNO4. The molecule has 0 N–H and O–H groups in total. The Morgan fingerprint density at radius 2 is 1.19 bits per heavy atom. The fourth-order valence-electron chi connectivity index (χ4n) is 5.98. The van der Waals surface area contributed by atoms with Gasteiger partial charge in [0.2, 0.25) is 11.8 Å². The molecule has 3 aromatic rings. The van der Waals surface area contributed by atoms with E-state index in [9.17, 15) is 9.59 Å². The number of benzene rings is 3. The minimum absolute atomic E-state index is 0.164. The van der Waals surface area contributed by atoms with E-state index in [0.29, 0.717) is 10.7 Å². The third kappa shape index (κ3) is 3.30. The van der Waals surface area contributed by atoms with Gasteiger partial charge in [0.15, 0.2) is 0 Å². The molecule has 2 aliphatic carbocycles. The number of ether oxygens (including phenoxy) is 2. The number of imide groups is 1. The van der Waals surface area contributed by atoms with Gasteiger partial charge in [-0.1, -0.05) is 60.2 Å². The van der Waals surface area contributed by atoms with Gasteiger partial charge in [0.25, 0.3) is 0 Å². The van der Waals surface area contributed by atoms with Gasteiger partial charge in [-0.25, -0.2) is 4.90 Å². The van der Waals surface area contributed by atoms with Gasteiger partial charge in [-0.3, -0.25) is 9.59 Å². The van der Waals surface area contributed by atoms with Crippen molar-refractivity contribution in [3.05, 3.63) is 107 Å². The fraction of sp³-hybridized carbons (Fsp3) is 0.200. The summed E-state index contributed by atoms with van der Waals surface area (Å²) >= 11 is 6.38. The molecule has 2 bridgehead atoms. The van der Waals surface area contributed by atoms with Crippen LogP contribution in [0.15, 0.2) is 90.5 Å². The second-order valence-electron chi connectivity index (χ2n) is 9.24. The van der Waals surface area contributed by atoms with E-state index in [0.717, 1.165) is 33.8 Å². The molecule has 0 unspecified atom stereocenters. The van der Waals surface area contributed by atoms with E-state index >= 15 is 0 Å². The smallest absolute Gasteiger partial charge is 0.238 e. The lowest BCUT2D eigenvalue weighted by Crippen LogP contribution is -2.33. The van der Waals surface area contributed by atoms with Gasteiger partial charge >= 0.3 is 0 Å². The molecular weight excluding hydrogens is 474 g/mol. The first kappa shape index (κ1) is 22.6. The highest BCUT2D eigenvalue weighted by Gasteiger charge is 2.62. The molecule has 1 saturated carbocycles. The molecule has 1 heterocycles. The maximum absolute atomic E-state index is 13.7. The van der Waals surface area contributed by atoms with E-state index in [4.69, 9.17) is 21.1 Å². The Kier molecular flexibility index (Phi) is 5.45. The average Bonchev–Trinajstić information content (AvgIpc) is 3.54. The van der Waals surface area contributed by atoms with Crippen LogP contribution in [0.2, 0.25) is 5.02 Å². The van der Waals surface area contributed by atoms with E-state index in [1.165, 1.54) is 4.90 Å². The summed E-state index contributed by atoms with van der Waals surface area (Å²) in [6, 6.07) is 22.8. The van der Waals surface area contributed by atoms with E-state index in [2.05, 4.69) is 12.2 Å². The number of halogens is 1. The third-order valence-corrected chi connectivity index (χ3v) is 7.87. The monoisotopic (exact) mass is 497 g/mol. The summed E-state index contributed by atoms with van der Waals surface area (Å²) in [6.45, 7) is 0. The van der Waals surface area contributed by atoms with Crippen molar-refractivity contribution in [3.63, 3.8) is 0 Å². The van der Waals surface area contributed by atoms with Crippen LogP contribution in [-0.4, -0.2) is 26.0 Å². The second kappa shape index (κ2) is 8.68. The Labute approximate surface area is 214 Å². The van der Waals surface area contributed by atoms with Crippen LogP contribution in [0.4, 0.5) is 5.69 Å². The highest BCUT2D eigenvalue weighted by Crippen LogP contribution is 2.59. The first-order chi connectivity index (χ1) is 17.5. The highest BCUT2D eigenvalue weighted by atomic mass is 35.5. The van der Waals surface area contributed by atoms with Crippen LogP contribution in [0.25, 0.3) is 5.57 Å². The van der Waals surface area contributed by atoms with Gasteiger partial charge in [-0.15, -0.1) is 0 Å². The number of hydrogen-bond donors (Lipinski definition) is 0. The number of fused-ring (bicyclic) bond motifs is 5. The van der Waals surface area contributed by atoms with Crippen molar-refractivity contribution >= 4 is 34.7 Å². The van der Waals surface area contributed by atoms with Crippen LogP contribution < -0.4 is 14.4 Å². The second-order valence-corrected chi connectivity index (χ2v) is 9.65.